The van der Waals surface area contributed by atoms with Gasteiger partial charge in [-0.15, -0.1) is 0 Å². The van der Waals surface area contributed by atoms with Gasteiger partial charge in [0.25, 0.3) is 0 Å². The molecule has 1 heteroatoms. The first kappa shape index (κ1) is 10.4. The Morgan fingerprint density at radius 1 is 1.27 bits per heavy atom. The Bertz CT molecular complexity index is 396. The number of benzene rings is 1. The van der Waals surface area contributed by atoms with Crippen LogP contribution in [0.4, 0.5) is 0 Å². The van der Waals surface area contributed by atoms with E-state index in [0.29, 0.717) is 5.92 Å². The average Bonchev–Trinajstić information content (AvgIpc) is 2.16. The zero-order chi connectivity index (χ0) is 11.1. The molecule has 0 saturated heterocycles. The molecule has 1 unspecified atom stereocenters. The first-order valence-corrected chi connectivity index (χ1v) is 5.63. The van der Waals surface area contributed by atoms with Crippen LogP contribution in [0.3, 0.4) is 0 Å². The lowest BCUT2D eigenvalue weighted by atomic mass is 9.83. The van der Waals surface area contributed by atoms with Crippen molar-refractivity contribution in [2.24, 2.45) is 4.99 Å². The topological polar surface area (TPSA) is 12.4 Å². The molecule has 0 aromatic heterocycles. The molecule has 1 aromatic carbocycles. The number of fused-ring (bicyclic) bond motifs is 1. The van der Waals surface area contributed by atoms with Gasteiger partial charge in [-0.1, -0.05) is 45.9 Å². The summed E-state index contributed by atoms with van der Waals surface area (Å²) in [4.78, 5) is 4.37. The zero-order valence-corrected chi connectivity index (χ0v) is 10.0. The Labute approximate surface area is 92.2 Å². The highest BCUT2D eigenvalue weighted by Crippen LogP contribution is 2.29. The van der Waals surface area contributed by atoms with E-state index in [2.05, 4.69) is 50.9 Å². The summed E-state index contributed by atoms with van der Waals surface area (Å²) in [6.45, 7) is 9.96. The van der Waals surface area contributed by atoms with Crippen molar-refractivity contribution in [3.05, 3.63) is 34.9 Å². The Balaban J connectivity index is 2.50. The number of nitrogens with zero attached hydrogens (tertiary/aromatic N) is 1. The van der Waals surface area contributed by atoms with Gasteiger partial charge in [-0.2, -0.15) is 0 Å². The van der Waals surface area contributed by atoms with Crippen molar-refractivity contribution < 1.29 is 0 Å². The molecule has 0 fully saturated rings. The third kappa shape index (κ3) is 1.97. The molecule has 0 radical (unpaired) electrons. The molecule has 1 aliphatic rings. The van der Waals surface area contributed by atoms with Crippen LogP contribution in [-0.2, 0) is 5.41 Å². The number of aliphatic imine (C=N–C) groups is 1. The zero-order valence-electron chi connectivity index (χ0n) is 10.0. The minimum absolute atomic E-state index is 0.239. The van der Waals surface area contributed by atoms with E-state index in [9.17, 15) is 0 Å². The first-order chi connectivity index (χ1) is 6.98. The second kappa shape index (κ2) is 3.48. The van der Waals surface area contributed by atoms with Crippen LogP contribution in [0.15, 0.2) is 23.2 Å². The molecule has 15 heavy (non-hydrogen) atoms. The van der Waals surface area contributed by atoms with Crippen molar-refractivity contribution in [1.29, 1.82) is 0 Å². The van der Waals surface area contributed by atoms with Crippen LogP contribution in [0, 0.1) is 0 Å². The van der Waals surface area contributed by atoms with E-state index in [0.717, 1.165) is 6.54 Å². The van der Waals surface area contributed by atoms with Gasteiger partial charge in [0.05, 0.1) is 0 Å². The summed E-state index contributed by atoms with van der Waals surface area (Å²) in [6.07, 6.45) is 2.00. The number of hydrogen-bond donors (Lipinski definition) is 0. The fraction of sp³-hybridized carbons (Fsp3) is 0.500. The molecular formula is C14H19N. The third-order valence-electron chi connectivity index (χ3n) is 3.09. The molecule has 1 aliphatic heterocycles. The maximum absolute atomic E-state index is 4.37. The van der Waals surface area contributed by atoms with E-state index >= 15 is 0 Å². The lowest BCUT2D eigenvalue weighted by molar-refractivity contribution is 0.587. The standard InChI is InChI=1S/C14H19N/c1-10-8-15-9-11-5-6-12(7-13(10)11)14(2,3)4/h5-7,9-10H,8H2,1-4H3. The van der Waals surface area contributed by atoms with Crippen LogP contribution in [0.1, 0.15) is 50.3 Å². The summed E-state index contributed by atoms with van der Waals surface area (Å²) in [5.74, 6) is 0.562. The quantitative estimate of drug-likeness (QED) is 0.609. The van der Waals surface area contributed by atoms with Crippen molar-refractivity contribution in [2.45, 2.75) is 39.0 Å². The molecule has 80 valence electrons. The van der Waals surface area contributed by atoms with Gasteiger partial charge in [-0.25, -0.2) is 0 Å². The fourth-order valence-electron chi connectivity index (χ4n) is 1.99. The summed E-state index contributed by atoms with van der Waals surface area (Å²) < 4.78 is 0. The second-order valence-electron chi connectivity index (χ2n) is 5.49. The van der Waals surface area contributed by atoms with E-state index in [1.165, 1.54) is 16.7 Å². The maximum Gasteiger partial charge on any atom is 0.0455 e. The maximum atomic E-state index is 4.37. The summed E-state index contributed by atoms with van der Waals surface area (Å²) in [7, 11) is 0. The Kier molecular flexibility index (Phi) is 2.41. The smallest absolute Gasteiger partial charge is 0.0455 e. The SMILES string of the molecule is CC1CN=Cc2ccc(C(C)(C)C)cc21. The van der Waals surface area contributed by atoms with Crippen molar-refractivity contribution in [2.75, 3.05) is 6.54 Å². The second-order valence-corrected chi connectivity index (χ2v) is 5.49. The van der Waals surface area contributed by atoms with Crippen LogP contribution in [0.2, 0.25) is 0 Å². The van der Waals surface area contributed by atoms with Gasteiger partial charge in [-0.05, 0) is 22.1 Å². The van der Waals surface area contributed by atoms with Gasteiger partial charge in [0, 0.05) is 18.7 Å². The third-order valence-corrected chi connectivity index (χ3v) is 3.09. The van der Waals surface area contributed by atoms with Gasteiger partial charge in [0.2, 0.25) is 0 Å². The van der Waals surface area contributed by atoms with E-state index in [4.69, 9.17) is 0 Å². The van der Waals surface area contributed by atoms with Gasteiger partial charge >= 0.3 is 0 Å². The minimum atomic E-state index is 0.239. The van der Waals surface area contributed by atoms with Gasteiger partial charge < -0.3 is 0 Å². The van der Waals surface area contributed by atoms with Crippen LogP contribution >= 0.6 is 0 Å². The van der Waals surface area contributed by atoms with Crippen molar-refractivity contribution in [3.63, 3.8) is 0 Å². The van der Waals surface area contributed by atoms with Gasteiger partial charge in [0.1, 0.15) is 0 Å². The number of hydrogen-bond acceptors (Lipinski definition) is 1. The van der Waals surface area contributed by atoms with E-state index < -0.39 is 0 Å². The molecule has 0 saturated carbocycles. The van der Waals surface area contributed by atoms with Crippen LogP contribution in [0.5, 0.6) is 0 Å². The molecule has 0 bridgehead atoms. The highest BCUT2D eigenvalue weighted by atomic mass is 14.7. The van der Waals surface area contributed by atoms with E-state index in [1.807, 2.05) is 6.21 Å². The van der Waals surface area contributed by atoms with Crippen molar-refractivity contribution in [1.82, 2.24) is 0 Å². The molecule has 1 nitrogen and oxygen atoms in total. The Morgan fingerprint density at radius 2 is 2.00 bits per heavy atom. The minimum Gasteiger partial charge on any atom is -0.292 e. The van der Waals surface area contributed by atoms with E-state index in [-0.39, 0.29) is 5.41 Å². The van der Waals surface area contributed by atoms with Crippen LogP contribution in [0.25, 0.3) is 0 Å². The van der Waals surface area contributed by atoms with Crippen LogP contribution < -0.4 is 0 Å². The average molecular weight is 201 g/mol. The molecule has 1 atom stereocenters. The summed E-state index contributed by atoms with van der Waals surface area (Å²) in [5, 5.41) is 0. The highest BCUT2D eigenvalue weighted by molar-refractivity contribution is 5.83. The Hall–Kier alpha value is -1.11. The summed E-state index contributed by atoms with van der Waals surface area (Å²) >= 11 is 0. The molecule has 0 amide bonds. The van der Waals surface area contributed by atoms with Crippen molar-refractivity contribution >= 4 is 6.21 Å². The molecule has 1 aromatic rings. The molecule has 0 N–H and O–H groups in total. The lowest BCUT2D eigenvalue weighted by Gasteiger charge is -2.24. The van der Waals surface area contributed by atoms with Gasteiger partial charge in [-0.3, -0.25) is 4.99 Å². The largest absolute Gasteiger partial charge is 0.292 e. The molecular weight excluding hydrogens is 182 g/mol. The van der Waals surface area contributed by atoms with Crippen LogP contribution in [-0.4, -0.2) is 12.8 Å². The Morgan fingerprint density at radius 3 is 2.67 bits per heavy atom. The predicted molar refractivity (Wildman–Crippen MR) is 66.0 cm³/mol. The summed E-state index contributed by atoms with van der Waals surface area (Å²) in [6, 6.07) is 6.78. The van der Waals surface area contributed by atoms with E-state index in [1.54, 1.807) is 0 Å². The first-order valence-electron chi connectivity index (χ1n) is 5.63. The predicted octanol–water partition coefficient (Wildman–Crippen LogP) is 3.52. The monoisotopic (exact) mass is 201 g/mol. The van der Waals surface area contributed by atoms with Gasteiger partial charge in [0.15, 0.2) is 0 Å². The lowest BCUT2D eigenvalue weighted by Crippen LogP contribution is -2.14. The highest BCUT2D eigenvalue weighted by Gasteiger charge is 2.18. The fourth-order valence-corrected chi connectivity index (χ4v) is 1.99. The van der Waals surface area contributed by atoms with Crippen molar-refractivity contribution in [3.8, 4) is 0 Å². The molecule has 2 rings (SSSR count). The number of rotatable bonds is 0. The molecule has 1 heterocycles. The normalized spacial score (nSPS) is 20.1. The molecule has 0 spiro atoms. The summed E-state index contributed by atoms with van der Waals surface area (Å²) in [5.41, 5.74) is 4.41. The molecule has 0 aliphatic carbocycles.